The zero-order chi connectivity index (χ0) is 21.0. The third kappa shape index (κ3) is 5.44. The first kappa shape index (κ1) is 20.6. The van der Waals surface area contributed by atoms with E-state index in [2.05, 4.69) is 5.32 Å². The molecule has 1 aliphatic rings. The minimum Gasteiger partial charge on any atom is -0.481 e. The van der Waals surface area contributed by atoms with Crippen LogP contribution in [0.5, 0.6) is 0 Å². The summed E-state index contributed by atoms with van der Waals surface area (Å²) in [5.74, 6) is -3.94. The van der Waals surface area contributed by atoms with Gasteiger partial charge in [0.2, 0.25) is 5.91 Å². The van der Waals surface area contributed by atoms with Crippen LogP contribution in [0.4, 0.5) is 0 Å². The van der Waals surface area contributed by atoms with Gasteiger partial charge in [0.1, 0.15) is 0 Å². The third-order valence-electron chi connectivity index (χ3n) is 5.39. The Balaban J connectivity index is 1.68. The number of rotatable bonds is 9. The highest BCUT2D eigenvalue weighted by Crippen LogP contribution is 2.39. The summed E-state index contributed by atoms with van der Waals surface area (Å²) < 4.78 is 0. The van der Waals surface area contributed by atoms with Crippen LogP contribution < -0.4 is 5.32 Å². The van der Waals surface area contributed by atoms with Crippen molar-refractivity contribution in [2.45, 2.75) is 32.2 Å². The molecule has 6 nitrogen and oxygen atoms in total. The van der Waals surface area contributed by atoms with Gasteiger partial charge in [0.15, 0.2) is 0 Å². The highest BCUT2D eigenvalue weighted by Gasteiger charge is 2.48. The van der Waals surface area contributed by atoms with Gasteiger partial charge in [-0.2, -0.15) is 0 Å². The largest absolute Gasteiger partial charge is 0.481 e. The van der Waals surface area contributed by atoms with Crippen LogP contribution in [-0.4, -0.2) is 34.1 Å². The topological polar surface area (TPSA) is 104 Å². The molecule has 1 fully saturated rings. The molecule has 3 rings (SSSR count). The predicted molar refractivity (Wildman–Crippen MR) is 108 cm³/mol. The first-order valence-corrected chi connectivity index (χ1v) is 9.75. The Morgan fingerprint density at radius 3 is 2.14 bits per heavy atom. The van der Waals surface area contributed by atoms with Crippen LogP contribution in [0.25, 0.3) is 11.1 Å². The molecule has 0 unspecified atom stereocenters. The number of hydrogen-bond donors (Lipinski definition) is 3. The Morgan fingerprint density at radius 1 is 0.966 bits per heavy atom. The maximum absolute atomic E-state index is 12.4. The molecule has 0 heterocycles. The number of carbonyl (C=O) groups is 3. The molecule has 0 spiro atoms. The Bertz CT molecular complexity index is 878. The first-order valence-electron chi connectivity index (χ1n) is 9.75. The van der Waals surface area contributed by atoms with E-state index in [1.165, 1.54) is 0 Å². The van der Waals surface area contributed by atoms with E-state index in [-0.39, 0.29) is 18.4 Å². The summed E-state index contributed by atoms with van der Waals surface area (Å²) in [7, 11) is 0. The number of carboxylic acids is 2. The summed E-state index contributed by atoms with van der Waals surface area (Å²) in [6, 6.07) is 17.6. The Morgan fingerprint density at radius 2 is 1.59 bits per heavy atom. The molecule has 0 aliphatic heterocycles. The monoisotopic (exact) mass is 395 g/mol. The number of hydrogen-bond acceptors (Lipinski definition) is 3. The van der Waals surface area contributed by atoms with Crippen molar-refractivity contribution in [2.75, 3.05) is 0 Å². The van der Waals surface area contributed by atoms with Crippen LogP contribution in [0.2, 0.25) is 0 Å². The fourth-order valence-corrected chi connectivity index (χ4v) is 3.54. The lowest BCUT2D eigenvalue weighted by molar-refractivity contribution is -0.141. The van der Waals surface area contributed by atoms with Gasteiger partial charge in [0.05, 0.1) is 17.8 Å². The van der Waals surface area contributed by atoms with Gasteiger partial charge in [-0.1, -0.05) is 61.5 Å². The first-order chi connectivity index (χ1) is 13.8. The molecule has 1 aliphatic carbocycles. The Labute approximate surface area is 169 Å². The molecule has 0 radical (unpaired) electrons. The molecule has 4 atom stereocenters. The second kappa shape index (κ2) is 8.90. The molecule has 152 valence electrons. The fourth-order valence-electron chi connectivity index (χ4n) is 3.54. The molecular formula is C23H25NO5. The molecule has 2 aromatic rings. The van der Waals surface area contributed by atoms with Crippen molar-refractivity contribution in [3.8, 4) is 11.1 Å². The average molecular weight is 395 g/mol. The van der Waals surface area contributed by atoms with Gasteiger partial charge in [-0.15, -0.1) is 0 Å². The lowest BCUT2D eigenvalue weighted by Gasteiger charge is -2.21. The highest BCUT2D eigenvalue weighted by molar-refractivity contribution is 5.89. The molecule has 0 bridgehead atoms. The zero-order valence-electron chi connectivity index (χ0n) is 16.2. The van der Waals surface area contributed by atoms with Crippen LogP contribution in [-0.2, 0) is 20.8 Å². The lowest BCUT2D eigenvalue weighted by Crippen LogP contribution is -2.40. The molecule has 0 aromatic heterocycles. The van der Waals surface area contributed by atoms with Gasteiger partial charge in [-0.25, -0.2) is 0 Å². The molecule has 1 saturated carbocycles. The maximum atomic E-state index is 12.4. The van der Waals surface area contributed by atoms with E-state index in [0.29, 0.717) is 12.8 Å². The maximum Gasteiger partial charge on any atom is 0.307 e. The summed E-state index contributed by atoms with van der Waals surface area (Å²) in [5, 5.41) is 21.1. The highest BCUT2D eigenvalue weighted by atomic mass is 16.4. The molecule has 1 amide bonds. The van der Waals surface area contributed by atoms with Crippen molar-refractivity contribution in [2.24, 2.45) is 17.8 Å². The normalized spacial score (nSPS) is 19.8. The smallest absolute Gasteiger partial charge is 0.307 e. The van der Waals surface area contributed by atoms with Gasteiger partial charge >= 0.3 is 11.9 Å². The molecule has 29 heavy (non-hydrogen) atoms. The van der Waals surface area contributed by atoms with Crippen molar-refractivity contribution in [3.05, 3.63) is 60.2 Å². The zero-order valence-corrected chi connectivity index (χ0v) is 16.2. The van der Waals surface area contributed by atoms with E-state index in [4.69, 9.17) is 5.11 Å². The van der Waals surface area contributed by atoms with Gasteiger partial charge in [-0.05, 0) is 36.0 Å². The van der Waals surface area contributed by atoms with Gasteiger partial charge in [0, 0.05) is 6.04 Å². The quantitative estimate of drug-likeness (QED) is 0.605. The summed E-state index contributed by atoms with van der Waals surface area (Å²) in [6.45, 7) is 1.61. The number of amides is 1. The summed E-state index contributed by atoms with van der Waals surface area (Å²) >= 11 is 0. The van der Waals surface area contributed by atoms with E-state index < -0.39 is 29.7 Å². The van der Waals surface area contributed by atoms with E-state index >= 15 is 0 Å². The van der Waals surface area contributed by atoms with Crippen LogP contribution in [0.3, 0.4) is 0 Å². The van der Waals surface area contributed by atoms with Crippen molar-refractivity contribution in [1.29, 1.82) is 0 Å². The number of benzene rings is 2. The lowest BCUT2D eigenvalue weighted by atomic mass is 9.94. The average Bonchev–Trinajstić information content (AvgIpc) is 3.50. The van der Waals surface area contributed by atoms with Crippen LogP contribution in [0.1, 0.15) is 25.3 Å². The Hall–Kier alpha value is -3.15. The van der Waals surface area contributed by atoms with Crippen molar-refractivity contribution in [3.63, 3.8) is 0 Å². The van der Waals surface area contributed by atoms with Gasteiger partial charge in [0.25, 0.3) is 0 Å². The second-order valence-corrected chi connectivity index (χ2v) is 7.73. The number of carboxylic acid groups (broad SMARTS) is 2. The van der Waals surface area contributed by atoms with Crippen LogP contribution >= 0.6 is 0 Å². The van der Waals surface area contributed by atoms with E-state index in [1.54, 1.807) is 6.92 Å². The van der Waals surface area contributed by atoms with Crippen molar-refractivity contribution >= 4 is 17.8 Å². The van der Waals surface area contributed by atoms with E-state index in [0.717, 1.165) is 16.7 Å². The SMILES string of the molecule is C[C@H](C[C@@H](Cc1ccc(-c2ccccc2)cc1)NC(=O)[C@H]1C[C@H]1C(=O)O)C(=O)O. The molecule has 3 N–H and O–H groups in total. The minimum atomic E-state index is -0.961. The van der Waals surface area contributed by atoms with Crippen LogP contribution in [0.15, 0.2) is 54.6 Å². The Kier molecular flexibility index (Phi) is 6.32. The van der Waals surface area contributed by atoms with E-state index in [1.807, 2.05) is 54.6 Å². The number of carbonyl (C=O) groups excluding carboxylic acids is 1. The number of aliphatic carboxylic acids is 2. The van der Waals surface area contributed by atoms with Gasteiger partial charge in [-0.3, -0.25) is 14.4 Å². The van der Waals surface area contributed by atoms with Crippen molar-refractivity contribution < 1.29 is 24.6 Å². The second-order valence-electron chi connectivity index (χ2n) is 7.73. The van der Waals surface area contributed by atoms with E-state index in [9.17, 15) is 19.5 Å². The molecule has 6 heteroatoms. The minimum absolute atomic E-state index is 0.284. The van der Waals surface area contributed by atoms with Gasteiger partial charge < -0.3 is 15.5 Å². The van der Waals surface area contributed by atoms with Crippen LogP contribution in [0, 0.1) is 17.8 Å². The summed E-state index contributed by atoms with van der Waals surface area (Å²) in [5.41, 5.74) is 3.17. The fraction of sp³-hybridized carbons (Fsp3) is 0.348. The third-order valence-corrected chi connectivity index (χ3v) is 5.39. The molecule has 0 saturated heterocycles. The standard InChI is InChI=1S/C23H25NO5/c1-14(22(26)27)11-18(24-21(25)19-13-20(19)23(28)29)12-15-7-9-17(10-8-15)16-5-3-2-4-6-16/h2-10,14,18-20H,11-13H2,1H3,(H,24,25)(H,26,27)(H,28,29)/t14-,18+,19+,20-/m1/s1. The molecule has 2 aromatic carbocycles. The number of nitrogens with one attached hydrogen (secondary N) is 1. The molecular weight excluding hydrogens is 370 g/mol. The predicted octanol–water partition coefficient (Wildman–Crippen LogP) is 3.21. The summed E-state index contributed by atoms with van der Waals surface area (Å²) in [4.78, 5) is 34.7. The summed E-state index contributed by atoms with van der Waals surface area (Å²) in [6.07, 6.45) is 1.11. The van der Waals surface area contributed by atoms with Crippen molar-refractivity contribution in [1.82, 2.24) is 5.32 Å².